The third-order valence-electron chi connectivity index (χ3n) is 2.47. The van der Waals surface area contributed by atoms with E-state index in [1.54, 1.807) is 6.92 Å². The number of anilines is 1. The van der Waals surface area contributed by atoms with Gasteiger partial charge in [-0.2, -0.15) is 0 Å². The van der Waals surface area contributed by atoms with E-state index < -0.39 is 0 Å². The Bertz CT molecular complexity index is 371. The molecule has 0 saturated carbocycles. The molecule has 0 aliphatic rings. The van der Waals surface area contributed by atoms with Crippen LogP contribution >= 0.6 is 0 Å². The molecule has 0 unspecified atom stereocenters. The van der Waals surface area contributed by atoms with Crippen LogP contribution in [0.5, 0.6) is 0 Å². The van der Waals surface area contributed by atoms with E-state index in [1.165, 1.54) is 0 Å². The minimum atomic E-state index is 0.112. The second kappa shape index (κ2) is 6.11. The minimum absolute atomic E-state index is 0.112. The van der Waals surface area contributed by atoms with E-state index in [-0.39, 0.29) is 5.78 Å². The van der Waals surface area contributed by atoms with Gasteiger partial charge >= 0.3 is 0 Å². The maximum Gasteiger partial charge on any atom is 0.161 e. The maximum absolute atomic E-state index is 11.5. The molecule has 0 fully saturated rings. The lowest BCUT2D eigenvalue weighted by molar-refractivity contribution is 0.101. The van der Waals surface area contributed by atoms with Crippen molar-refractivity contribution in [2.75, 3.05) is 18.0 Å². The van der Waals surface area contributed by atoms with Gasteiger partial charge in [-0.15, -0.1) is 6.58 Å². The van der Waals surface area contributed by atoms with Gasteiger partial charge in [-0.25, -0.2) is 0 Å². The summed E-state index contributed by atoms with van der Waals surface area (Å²) >= 11 is 0. The number of hydrogen-bond donors (Lipinski definition) is 0. The van der Waals surface area contributed by atoms with Gasteiger partial charge in [-0.3, -0.25) is 4.79 Å². The highest BCUT2D eigenvalue weighted by molar-refractivity contribution is 5.99. The summed E-state index contributed by atoms with van der Waals surface area (Å²) in [5, 5.41) is 0. The second-order valence-corrected chi connectivity index (χ2v) is 3.81. The fourth-order valence-electron chi connectivity index (χ4n) is 1.78. The lowest BCUT2D eigenvalue weighted by Gasteiger charge is -2.24. The summed E-state index contributed by atoms with van der Waals surface area (Å²) in [6.07, 6.45) is 2.92. The largest absolute Gasteiger partial charge is 0.367 e. The summed E-state index contributed by atoms with van der Waals surface area (Å²) < 4.78 is 0. The van der Waals surface area contributed by atoms with E-state index in [4.69, 9.17) is 0 Å². The second-order valence-electron chi connectivity index (χ2n) is 3.81. The van der Waals surface area contributed by atoms with Crippen molar-refractivity contribution in [3.8, 4) is 0 Å². The summed E-state index contributed by atoms with van der Waals surface area (Å²) in [6.45, 7) is 9.21. The van der Waals surface area contributed by atoms with Gasteiger partial charge in [0.05, 0.1) is 0 Å². The number of rotatable bonds is 6. The highest BCUT2D eigenvalue weighted by Gasteiger charge is 2.11. The van der Waals surface area contributed by atoms with Crippen molar-refractivity contribution in [1.82, 2.24) is 0 Å². The van der Waals surface area contributed by atoms with Crippen molar-refractivity contribution >= 4 is 11.5 Å². The van der Waals surface area contributed by atoms with Crippen LogP contribution in [0.2, 0.25) is 0 Å². The van der Waals surface area contributed by atoms with Crippen LogP contribution in [0.25, 0.3) is 0 Å². The van der Waals surface area contributed by atoms with Gasteiger partial charge in [0.1, 0.15) is 0 Å². The van der Waals surface area contributed by atoms with E-state index in [0.29, 0.717) is 0 Å². The van der Waals surface area contributed by atoms with Crippen LogP contribution in [-0.2, 0) is 0 Å². The molecule has 2 nitrogen and oxygen atoms in total. The van der Waals surface area contributed by atoms with E-state index >= 15 is 0 Å². The molecule has 0 N–H and O–H groups in total. The van der Waals surface area contributed by atoms with Crippen LogP contribution in [0.3, 0.4) is 0 Å². The molecule has 86 valence electrons. The van der Waals surface area contributed by atoms with Crippen molar-refractivity contribution in [1.29, 1.82) is 0 Å². The number of benzene rings is 1. The summed E-state index contributed by atoms with van der Waals surface area (Å²) in [7, 11) is 0. The van der Waals surface area contributed by atoms with Gasteiger partial charge in [0.2, 0.25) is 0 Å². The summed E-state index contributed by atoms with van der Waals surface area (Å²) in [5.74, 6) is 0.112. The molecule has 1 rings (SSSR count). The van der Waals surface area contributed by atoms with Gasteiger partial charge < -0.3 is 4.90 Å². The zero-order chi connectivity index (χ0) is 12.0. The summed E-state index contributed by atoms with van der Waals surface area (Å²) in [5.41, 5.74) is 1.80. The Hall–Kier alpha value is -1.57. The molecule has 1 aromatic rings. The molecule has 0 atom stereocenters. The molecule has 0 aromatic heterocycles. The van der Waals surface area contributed by atoms with Gasteiger partial charge in [-0.05, 0) is 25.5 Å². The van der Waals surface area contributed by atoms with E-state index in [9.17, 15) is 4.79 Å². The molecule has 0 aliphatic carbocycles. The van der Waals surface area contributed by atoms with Crippen molar-refractivity contribution in [2.45, 2.75) is 20.3 Å². The summed E-state index contributed by atoms with van der Waals surface area (Å²) in [4.78, 5) is 13.7. The highest BCUT2D eigenvalue weighted by Crippen LogP contribution is 2.21. The quantitative estimate of drug-likeness (QED) is 0.538. The molecule has 1 aromatic carbocycles. The molecular weight excluding hydrogens is 198 g/mol. The number of para-hydroxylation sites is 1. The van der Waals surface area contributed by atoms with E-state index in [2.05, 4.69) is 18.4 Å². The number of carbonyl (C=O) groups is 1. The zero-order valence-electron chi connectivity index (χ0n) is 10.1. The molecule has 0 radical (unpaired) electrons. The van der Waals surface area contributed by atoms with Crippen LogP contribution < -0.4 is 4.90 Å². The first-order chi connectivity index (χ1) is 7.70. The fraction of sp³-hybridized carbons (Fsp3) is 0.357. The number of carbonyl (C=O) groups excluding carboxylic acids is 1. The lowest BCUT2D eigenvalue weighted by Crippen LogP contribution is -2.25. The first-order valence-electron chi connectivity index (χ1n) is 5.66. The van der Waals surface area contributed by atoms with Crippen molar-refractivity contribution < 1.29 is 4.79 Å². The number of ketones is 1. The Morgan fingerprint density at radius 1 is 1.44 bits per heavy atom. The molecule has 2 heteroatoms. The topological polar surface area (TPSA) is 20.3 Å². The monoisotopic (exact) mass is 217 g/mol. The van der Waals surface area contributed by atoms with Gasteiger partial charge in [0.15, 0.2) is 5.78 Å². The Morgan fingerprint density at radius 3 is 2.69 bits per heavy atom. The van der Waals surface area contributed by atoms with Gasteiger partial charge in [-0.1, -0.05) is 25.1 Å². The predicted octanol–water partition coefficient (Wildman–Crippen LogP) is 3.29. The smallest absolute Gasteiger partial charge is 0.161 e. The molecular formula is C14H19NO. The molecule has 0 spiro atoms. The highest BCUT2D eigenvalue weighted by atomic mass is 16.1. The third kappa shape index (κ3) is 2.96. The standard InChI is InChI=1S/C14H19NO/c1-4-10-15(11-5-2)14-9-7-6-8-13(14)12(3)16/h4,6-9H,1,5,10-11H2,2-3H3. The molecule has 0 aliphatic heterocycles. The van der Waals surface area contributed by atoms with Crippen molar-refractivity contribution in [3.63, 3.8) is 0 Å². The lowest BCUT2D eigenvalue weighted by atomic mass is 10.1. The molecule has 0 saturated heterocycles. The van der Waals surface area contributed by atoms with Crippen LogP contribution in [0.1, 0.15) is 30.6 Å². The van der Waals surface area contributed by atoms with E-state index in [0.717, 1.165) is 30.8 Å². The number of nitrogens with zero attached hydrogens (tertiary/aromatic N) is 1. The Labute approximate surface area is 97.6 Å². The van der Waals surface area contributed by atoms with Crippen LogP contribution in [0, 0.1) is 0 Å². The normalized spacial score (nSPS) is 9.88. The van der Waals surface area contributed by atoms with E-state index in [1.807, 2.05) is 30.3 Å². The third-order valence-corrected chi connectivity index (χ3v) is 2.47. The van der Waals surface area contributed by atoms with Gasteiger partial charge in [0, 0.05) is 24.3 Å². The molecule has 0 bridgehead atoms. The molecule has 16 heavy (non-hydrogen) atoms. The summed E-state index contributed by atoms with van der Waals surface area (Å²) in [6, 6.07) is 7.74. The number of Topliss-reactive ketones (excluding diaryl/α,β-unsaturated/α-hetero) is 1. The average molecular weight is 217 g/mol. The maximum atomic E-state index is 11.5. The Kier molecular flexibility index (Phi) is 4.77. The molecule has 0 heterocycles. The molecule has 0 amide bonds. The van der Waals surface area contributed by atoms with Crippen molar-refractivity contribution in [3.05, 3.63) is 42.5 Å². The zero-order valence-corrected chi connectivity index (χ0v) is 10.1. The first-order valence-corrected chi connectivity index (χ1v) is 5.66. The predicted molar refractivity (Wildman–Crippen MR) is 69.1 cm³/mol. The van der Waals surface area contributed by atoms with Crippen LogP contribution in [-0.4, -0.2) is 18.9 Å². The first kappa shape index (κ1) is 12.5. The minimum Gasteiger partial charge on any atom is -0.367 e. The Morgan fingerprint density at radius 2 is 2.12 bits per heavy atom. The SMILES string of the molecule is C=CCN(CCC)c1ccccc1C(C)=O. The number of hydrogen-bond acceptors (Lipinski definition) is 2. The van der Waals surface area contributed by atoms with Crippen LogP contribution in [0.4, 0.5) is 5.69 Å². The van der Waals surface area contributed by atoms with Gasteiger partial charge in [0.25, 0.3) is 0 Å². The average Bonchev–Trinajstić information content (AvgIpc) is 2.29. The van der Waals surface area contributed by atoms with Crippen LogP contribution in [0.15, 0.2) is 36.9 Å². The fourth-order valence-corrected chi connectivity index (χ4v) is 1.78. The Balaban J connectivity index is 3.06. The van der Waals surface area contributed by atoms with Crippen molar-refractivity contribution in [2.24, 2.45) is 0 Å².